The number of rotatable bonds is 4. The number of fused-ring (bicyclic) bond motifs is 3. The highest BCUT2D eigenvalue weighted by Crippen LogP contribution is 2.33. The smallest absolute Gasteiger partial charge is 0.268 e. The van der Waals surface area contributed by atoms with Crippen molar-refractivity contribution in [3.05, 3.63) is 96.6 Å². The highest BCUT2D eigenvalue weighted by Gasteiger charge is 2.22. The predicted octanol–water partition coefficient (Wildman–Crippen LogP) is 4.93. The van der Waals surface area contributed by atoms with Crippen LogP contribution in [0.2, 0.25) is 0 Å². The first kappa shape index (κ1) is 17.5. The molecule has 0 spiro atoms. The molecule has 142 valence electrons. The molecular weight excluding hydrogens is 382 g/mol. The Hall–Kier alpha value is -3.64. The summed E-state index contributed by atoms with van der Waals surface area (Å²) in [6.45, 7) is 0. The van der Waals surface area contributed by atoms with E-state index in [0.29, 0.717) is 11.0 Å². The summed E-state index contributed by atoms with van der Waals surface area (Å²) in [5, 5.41) is 1.81. The van der Waals surface area contributed by atoms with Crippen molar-refractivity contribution < 1.29 is 8.42 Å². The van der Waals surface area contributed by atoms with Crippen LogP contribution >= 0.6 is 0 Å². The van der Waals surface area contributed by atoms with E-state index < -0.39 is 10.0 Å². The molecule has 5 aromatic rings. The molecule has 3 aromatic carbocycles. The normalized spacial score (nSPS) is 12.3. The summed E-state index contributed by atoms with van der Waals surface area (Å²) < 4.78 is 28.5. The lowest BCUT2D eigenvalue weighted by Crippen LogP contribution is -2.12. The number of nitrogens with zero attached hydrogens (tertiary/aromatic N) is 2. The third-order valence-electron chi connectivity index (χ3n) is 4.90. The number of H-pyrrole nitrogens is 1. The lowest BCUT2D eigenvalue weighted by Gasteiger charge is -2.09. The van der Waals surface area contributed by atoms with E-state index in [1.54, 1.807) is 36.8 Å². The van der Waals surface area contributed by atoms with Gasteiger partial charge < -0.3 is 4.98 Å². The van der Waals surface area contributed by atoms with E-state index in [9.17, 15) is 8.42 Å². The monoisotopic (exact) mass is 399 g/mol. The zero-order valence-corrected chi connectivity index (χ0v) is 16.2. The standard InChI is InChI=1S/C23H17N3O2S/c27-29(28,19-6-2-1-3-7-19)26-22-9-5-4-8-20(22)21-13-11-17(14-23(21)26)10-12-18-15-24-16-25-18/h1-16H,(H,24,25)/b12-10+. The van der Waals surface area contributed by atoms with Gasteiger partial charge in [-0.3, -0.25) is 0 Å². The average molecular weight is 399 g/mol. The lowest BCUT2D eigenvalue weighted by atomic mass is 10.1. The van der Waals surface area contributed by atoms with Crippen LogP contribution in [-0.4, -0.2) is 22.4 Å². The van der Waals surface area contributed by atoms with Gasteiger partial charge >= 0.3 is 0 Å². The molecule has 0 atom stereocenters. The Bertz CT molecular complexity index is 1450. The first-order chi connectivity index (χ1) is 14.1. The van der Waals surface area contributed by atoms with Crippen molar-refractivity contribution in [2.75, 3.05) is 0 Å². The van der Waals surface area contributed by atoms with Gasteiger partial charge in [-0.25, -0.2) is 17.4 Å². The molecule has 6 heteroatoms. The maximum Gasteiger partial charge on any atom is 0.268 e. The van der Waals surface area contributed by atoms with Crippen molar-refractivity contribution >= 4 is 44.0 Å². The summed E-state index contributed by atoms with van der Waals surface area (Å²) in [5.74, 6) is 0. The van der Waals surface area contributed by atoms with Gasteiger partial charge in [0.2, 0.25) is 0 Å². The Morgan fingerprint density at radius 1 is 0.828 bits per heavy atom. The van der Waals surface area contributed by atoms with Crippen LogP contribution in [0.3, 0.4) is 0 Å². The second kappa shape index (κ2) is 6.76. The number of imidazole rings is 1. The molecule has 0 saturated heterocycles. The van der Waals surface area contributed by atoms with Crippen LogP contribution in [0.1, 0.15) is 11.3 Å². The van der Waals surface area contributed by atoms with Crippen LogP contribution in [0.4, 0.5) is 0 Å². The Kier molecular flexibility index (Phi) is 4.07. The molecule has 0 aliphatic carbocycles. The molecule has 0 amide bonds. The van der Waals surface area contributed by atoms with E-state index in [1.807, 2.05) is 60.7 Å². The van der Waals surface area contributed by atoms with E-state index in [0.717, 1.165) is 22.0 Å². The van der Waals surface area contributed by atoms with Crippen molar-refractivity contribution in [3.63, 3.8) is 0 Å². The molecule has 1 N–H and O–H groups in total. The topological polar surface area (TPSA) is 67.8 Å². The third kappa shape index (κ3) is 2.94. The highest BCUT2D eigenvalue weighted by molar-refractivity contribution is 7.90. The van der Waals surface area contributed by atoms with Crippen LogP contribution < -0.4 is 0 Å². The fourth-order valence-corrected chi connectivity index (χ4v) is 5.10. The molecule has 0 radical (unpaired) electrons. The Labute approximate surface area is 168 Å². The molecule has 0 aliphatic rings. The Morgan fingerprint density at radius 3 is 2.38 bits per heavy atom. The molecule has 0 fully saturated rings. The average Bonchev–Trinajstić information content (AvgIpc) is 3.38. The minimum absolute atomic E-state index is 0.264. The van der Waals surface area contributed by atoms with Gasteiger partial charge in [-0.1, -0.05) is 54.6 Å². The van der Waals surface area contributed by atoms with Crippen LogP contribution in [0.5, 0.6) is 0 Å². The Balaban J connectivity index is 1.77. The minimum atomic E-state index is -3.75. The van der Waals surface area contributed by atoms with Gasteiger partial charge in [0.25, 0.3) is 10.0 Å². The number of hydrogen-bond acceptors (Lipinski definition) is 3. The molecule has 0 bridgehead atoms. The van der Waals surface area contributed by atoms with Gasteiger partial charge in [-0.05, 0) is 35.9 Å². The summed E-state index contributed by atoms with van der Waals surface area (Å²) >= 11 is 0. The van der Waals surface area contributed by atoms with Gasteiger partial charge in [0.05, 0.1) is 28.0 Å². The summed E-state index contributed by atoms with van der Waals surface area (Å²) in [4.78, 5) is 7.36. The number of aromatic nitrogens is 3. The zero-order valence-electron chi connectivity index (χ0n) is 15.4. The van der Waals surface area contributed by atoms with Gasteiger partial charge in [-0.2, -0.15) is 0 Å². The van der Waals surface area contributed by atoms with E-state index >= 15 is 0 Å². The second-order valence-corrected chi connectivity index (χ2v) is 8.49. The maximum atomic E-state index is 13.5. The molecule has 0 aliphatic heterocycles. The summed E-state index contributed by atoms with van der Waals surface area (Å²) in [5.41, 5.74) is 3.02. The molecule has 2 aromatic heterocycles. The van der Waals surface area contributed by atoms with Crippen molar-refractivity contribution in [2.45, 2.75) is 4.90 Å². The van der Waals surface area contributed by atoms with Gasteiger partial charge in [0, 0.05) is 17.0 Å². The van der Waals surface area contributed by atoms with E-state index in [-0.39, 0.29) is 4.90 Å². The van der Waals surface area contributed by atoms with Crippen LogP contribution in [0, 0.1) is 0 Å². The first-order valence-electron chi connectivity index (χ1n) is 9.15. The molecule has 5 nitrogen and oxygen atoms in total. The number of para-hydroxylation sites is 1. The molecule has 0 unspecified atom stereocenters. The fourth-order valence-electron chi connectivity index (χ4n) is 3.56. The minimum Gasteiger partial charge on any atom is -0.351 e. The lowest BCUT2D eigenvalue weighted by molar-refractivity contribution is 0.590. The van der Waals surface area contributed by atoms with Crippen molar-refractivity contribution in [1.82, 2.24) is 13.9 Å². The summed E-state index contributed by atoms with van der Waals surface area (Å²) in [6, 6.07) is 22.0. The van der Waals surface area contributed by atoms with Gasteiger partial charge in [0.15, 0.2) is 0 Å². The molecule has 5 rings (SSSR count). The summed E-state index contributed by atoms with van der Waals surface area (Å²) in [6.07, 6.45) is 7.22. The molecule has 2 heterocycles. The molecule has 0 saturated carbocycles. The molecule has 29 heavy (non-hydrogen) atoms. The zero-order chi connectivity index (χ0) is 19.8. The van der Waals surface area contributed by atoms with Crippen LogP contribution in [0.25, 0.3) is 34.0 Å². The SMILES string of the molecule is O=S(=O)(c1ccccc1)n1c2ccccc2c2ccc(/C=C/c3c[nH]cn3)cc21. The van der Waals surface area contributed by atoms with Crippen molar-refractivity contribution in [1.29, 1.82) is 0 Å². The van der Waals surface area contributed by atoms with Crippen LogP contribution in [0.15, 0.2) is 90.2 Å². The van der Waals surface area contributed by atoms with Crippen molar-refractivity contribution in [3.8, 4) is 0 Å². The van der Waals surface area contributed by atoms with Crippen molar-refractivity contribution in [2.24, 2.45) is 0 Å². The second-order valence-electron chi connectivity index (χ2n) is 6.70. The number of hydrogen-bond donors (Lipinski definition) is 1. The fraction of sp³-hybridized carbons (Fsp3) is 0. The third-order valence-corrected chi connectivity index (χ3v) is 6.64. The number of benzene rings is 3. The summed E-state index contributed by atoms with van der Waals surface area (Å²) in [7, 11) is -3.75. The highest BCUT2D eigenvalue weighted by atomic mass is 32.2. The van der Waals surface area contributed by atoms with Gasteiger partial charge in [-0.15, -0.1) is 0 Å². The first-order valence-corrected chi connectivity index (χ1v) is 10.6. The number of aromatic amines is 1. The quantitative estimate of drug-likeness (QED) is 0.466. The van der Waals surface area contributed by atoms with E-state index in [4.69, 9.17) is 0 Å². The van der Waals surface area contributed by atoms with Gasteiger partial charge in [0.1, 0.15) is 0 Å². The Morgan fingerprint density at radius 2 is 1.59 bits per heavy atom. The molecular formula is C23H17N3O2S. The predicted molar refractivity (Wildman–Crippen MR) is 116 cm³/mol. The van der Waals surface area contributed by atoms with Crippen LogP contribution in [-0.2, 0) is 10.0 Å². The number of nitrogens with one attached hydrogen (secondary N) is 1. The maximum absolute atomic E-state index is 13.5. The largest absolute Gasteiger partial charge is 0.351 e. The van der Waals surface area contributed by atoms with E-state index in [1.165, 1.54) is 3.97 Å². The van der Waals surface area contributed by atoms with E-state index in [2.05, 4.69) is 9.97 Å².